The SMILES string of the molecule is COc1ccc(S(=O)(=O)NC(CC(C)C)C(=O)O)c(Cl)c1Cl. The molecule has 0 heterocycles. The van der Waals surface area contributed by atoms with Gasteiger partial charge in [0.05, 0.1) is 12.1 Å². The number of carboxylic acid groups (broad SMARTS) is 1. The minimum Gasteiger partial charge on any atom is -0.495 e. The lowest BCUT2D eigenvalue weighted by molar-refractivity contribution is -0.139. The Morgan fingerprint density at radius 3 is 2.36 bits per heavy atom. The predicted octanol–water partition coefficient (Wildman–Crippen LogP) is 2.78. The lowest BCUT2D eigenvalue weighted by atomic mass is 10.1. The van der Waals surface area contributed by atoms with E-state index in [4.69, 9.17) is 33.0 Å². The van der Waals surface area contributed by atoms with Gasteiger partial charge in [0.15, 0.2) is 0 Å². The van der Waals surface area contributed by atoms with Crippen LogP contribution in [0.1, 0.15) is 20.3 Å². The second-order valence-corrected chi connectivity index (χ2v) is 7.47. The molecule has 0 bridgehead atoms. The van der Waals surface area contributed by atoms with Crippen molar-refractivity contribution in [3.05, 3.63) is 22.2 Å². The summed E-state index contributed by atoms with van der Waals surface area (Å²) in [5, 5.41) is 8.86. The van der Waals surface area contributed by atoms with Crippen molar-refractivity contribution in [1.29, 1.82) is 0 Å². The predicted molar refractivity (Wildman–Crippen MR) is 84.2 cm³/mol. The normalized spacial score (nSPS) is 13.2. The molecule has 1 aromatic carbocycles. The van der Waals surface area contributed by atoms with Crippen LogP contribution in [-0.4, -0.2) is 32.6 Å². The first-order valence-corrected chi connectivity index (χ1v) is 8.61. The lowest BCUT2D eigenvalue weighted by Crippen LogP contribution is -2.41. The Kier molecular flexibility index (Phi) is 6.49. The fraction of sp³-hybridized carbons (Fsp3) is 0.462. The Hall–Kier alpha value is -1.02. The van der Waals surface area contributed by atoms with E-state index in [0.29, 0.717) is 0 Å². The third kappa shape index (κ3) is 4.49. The molecule has 0 spiro atoms. The first kappa shape index (κ1) is 19.0. The Bertz CT molecular complexity index is 661. The van der Waals surface area contributed by atoms with Gasteiger partial charge in [0.2, 0.25) is 10.0 Å². The van der Waals surface area contributed by atoms with Crippen molar-refractivity contribution in [3.63, 3.8) is 0 Å². The van der Waals surface area contributed by atoms with Gasteiger partial charge in [0.25, 0.3) is 0 Å². The smallest absolute Gasteiger partial charge is 0.321 e. The average Bonchev–Trinajstić information content (AvgIpc) is 2.39. The molecular formula is C13H17Cl2NO5S. The molecule has 0 aliphatic heterocycles. The standard InChI is InChI=1S/C13H17Cl2NO5S/c1-7(2)6-8(13(17)18)16-22(19,20)10-5-4-9(21-3)11(14)12(10)15/h4-5,7-8,16H,6H2,1-3H3,(H,17,18). The third-order valence-corrected chi connectivity index (χ3v) is 5.31. The summed E-state index contributed by atoms with van der Waals surface area (Å²) in [5.41, 5.74) is 0. The van der Waals surface area contributed by atoms with Crippen LogP contribution in [0, 0.1) is 5.92 Å². The number of nitrogens with one attached hydrogen (secondary N) is 1. The van der Waals surface area contributed by atoms with Gasteiger partial charge in [0.1, 0.15) is 21.7 Å². The van der Waals surface area contributed by atoms with E-state index in [0.717, 1.165) is 0 Å². The maximum atomic E-state index is 12.3. The molecule has 0 amide bonds. The number of halogens is 2. The van der Waals surface area contributed by atoms with Gasteiger partial charge in [-0.3, -0.25) is 4.79 Å². The molecular weight excluding hydrogens is 353 g/mol. The van der Waals surface area contributed by atoms with Crippen LogP contribution in [0.25, 0.3) is 0 Å². The van der Waals surface area contributed by atoms with Gasteiger partial charge in [-0.15, -0.1) is 0 Å². The molecule has 1 aromatic rings. The Balaban J connectivity index is 3.19. The largest absolute Gasteiger partial charge is 0.495 e. The second-order valence-electron chi connectivity index (χ2n) is 5.04. The molecule has 0 aromatic heterocycles. The number of carbonyl (C=O) groups is 1. The van der Waals surface area contributed by atoms with Crippen molar-refractivity contribution < 1.29 is 23.1 Å². The highest BCUT2D eigenvalue weighted by atomic mass is 35.5. The summed E-state index contributed by atoms with van der Waals surface area (Å²) in [5.74, 6) is -1.03. The van der Waals surface area contributed by atoms with Crippen molar-refractivity contribution in [2.75, 3.05) is 7.11 Å². The molecule has 0 aliphatic carbocycles. The number of hydrogen-bond donors (Lipinski definition) is 2. The van der Waals surface area contributed by atoms with Crippen LogP contribution in [0.3, 0.4) is 0 Å². The van der Waals surface area contributed by atoms with E-state index in [2.05, 4.69) is 4.72 Å². The number of ether oxygens (including phenoxy) is 1. The summed E-state index contributed by atoms with van der Waals surface area (Å²) in [6, 6.07) is 1.31. The summed E-state index contributed by atoms with van der Waals surface area (Å²) in [6.07, 6.45) is 0.149. The van der Waals surface area contributed by atoms with Crippen LogP contribution in [0.5, 0.6) is 5.75 Å². The van der Waals surface area contributed by atoms with E-state index in [9.17, 15) is 13.2 Å². The highest BCUT2D eigenvalue weighted by Gasteiger charge is 2.28. The van der Waals surface area contributed by atoms with Gasteiger partial charge in [-0.05, 0) is 24.5 Å². The minimum atomic E-state index is -4.13. The van der Waals surface area contributed by atoms with Crippen molar-refractivity contribution in [2.45, 2.75) is 31.2 Å². The number of aliphatic carboxylic acids is 1. The van der Waals surface area contributed by atoms with E-state index in [1.807, 2.05) is 0 Å². The molecule has 1 rings (SSSR count). The summed E-state index contributed by atoms with van der Waals surface area (Å²) < 4.78 is 31.8. The van der Waals surface area contributed by atoms with E-state index in [1.54, 1.807) is 13.8 Å². The topological polar surface area (TPSA) is 92.7 Å². The maximum Gasteiger partial charge on any atom is 0.321 e. The zero-order chi connectivity index (χ0) is 17.1. The molecule has 0 fully saturated rings. The van der Waals surface area contributed by atoms with Gasteiger partial charge in [-0.1, -0.05) is 37.0 Å². The van der Waals surface area contributed by atoms with E-state index in [-0.39, 0.29) is 33.0 Å². The molecule has 9 heteroatoms. The second kappa shape index (κ2) is 7.50. The Labute approximate surface area is 139 Å². The Morgan fingerprint density at radius 1 is 1.32 bits per heavy atom. The number of benzene rings is 1. The number of rotatable bonds is 7. The molecule has 0 radical (unpaired) electrons. The molecule has 0 aliphatic rings. The number of hydrogen-bond acceptors (Lipinski definition) is 4. The zero-order valence-electron chi connectivity index (χ0n) is 12.3. The molecule has 6 nitrogen and oxygen atoms in total. The van der Waals surface area contributed by atoms with Gasteiger partial charge in [-0.2, -0.15) is 4.72 Å². The number of methoxy groups -OCH3 is 1. The quantitative estimate of drug-likeness (QED) is 0.770. The highest BCUT2D eigenvalue weighted by Crippen LogP contribution is 2.36. The molecule has 1 atom stereocenters. The highest BCUT2D eigenvalue weighted by molar-refractivity contribution is 7.89. The van der Waals surface area contributed by atoms with Gasteiger partial charge in [-0.25, -0.2) is 8.42 Å². The molecule has 0 saturated carbocycles. The van der Waals surface area contributed by atoms with Crippen LogP contribution in [0.2, 0.25) is 10.0 Å². The molecule has 22 heavy (non-hydrogen) atoms. The summed E-state index contributed by atoms with van der Waals surface area (Å²) in [7, 11) is -2.76. The molecule has 1 unspecified atom stereocenters. The van der Waals surface area contributed by atoms with Crippen LogP contribution >= 0.6 is 23.2 Å². The van der Waals surface area contributed by atoms with E-state index in [1.165, 1.54) is 19.2 Å². The Morgan fingerprint density at radius 2 is 1.91 bits per heavy atom. The first-order valence-electron chi connectivity index (χ1n) is 6.37. The van der Waals surface area contributed by atoms with Gasteiger partial charge in [0, 0.05) is 0 Å². The average molecular weight is 370 g/mol. The van der Waals surface area contributed by atoms with Crippen LogP contribution in [0.4, 0.5) is 0 Å². The van der Waals surface area contributed by atoms with E-state index < -0.39 is 22.0 Å². The lowest BCUT2D eigenvalue weighted by Gasteiger charge is -2.17. The number of carboxylic acids is 1. The van der Waals surface area contributed by atoms with Crippen LogP contribution < -0.4 is 9.46 Å². The molecule has 2 N–H and O–H groups in total. The first-order chi connectivity index (χ1) is 10.1. The van der Waals surface area contributed by atoms with Crippen molar-refractivity contribution in [2.24, 2.45) is 5.92 Å². The summed E-state index contributed by atoms with van der Waals surface area (Å²) >= 11 is 11.9. The van der Waals surface area contributed by atoms with Crippen molar-refractivity contribution >= 4 is 39.2 Å². The zero-order valence-corrected chi connectivity index (χ0v) is 14.6. The summed E-state index contributed by atoms with van der Waals surface area (Å²) in [6.45, 7) is 3.59. The van der Waals surface area contributed by atoms with Gasteiger partial charge >= 0.3 is 5.97 Å². The maximum absolute atomic E-state index is 12.3. The van der Waals surface area contributed by atoms with Crippen molar-refractivity contribution in [3.8, 4) is 5.75 Å². The third-order valence-electron chi connectivity index (χ3n) is 2.82. The van der Waals surface area contributed by atoms with Crippen LogP contribution in [0.15, 0.2) is 17.0 Å². The summed E-state index contributed by atoms with van der Waals surface area (Å²) in [4.78, 5) is 10.9. The fourth-order valence-electron chi connectivity index (χ4n) is 1.80. The molecule has 0 saturated heterocycles. The fourth-order valence-corrected chi connectivity index (χ4v) is 3.84. The van der Waals surface area contributed by atoms with Gasteiger partial charge < -0.3 is 9.84 Å². The van der Waals surface area contributed by atoms with Crippen LogP contribution in [-0.2, 0) is 14.8 Å². The van der Waals surface area contributed by atoms with Crippen molar-refractivity contribution in [1.82, 2.24) is 4.72 Å². The minimum absolute atomic E-state index is 0.00118. The molecule has 124 valence electrons. The van der Waals surface area contributed by atoms with E-state index >= 15 is 0 Å². The number of sulfonamides is 1. The monoisotopic (exact) mass is 369 g/mol.